The van der Waals surface area contributed by atoms with Gasteiger partial charge in [-0.2, -0.15) is 4.98 Å². The van der Waals surface area contributed by atoms with E-state index in [1.165, 1.54) is 12.1 Å². The molecule has 1 atom stereocenters. The number of hydrogen-bond donors (Lipinski definition) is 1. The molecule has 2 rings (SSSR count). The van der Waals surface area contributed by atoms with Crippen molar-refractivity contribution in [2.75, 3.05) is 6.54 Å². The van der Waals surface area contributed by atoms with Gasteiger partial charge < -0.3 is 10.3 Å². The lowest BCUT2D eigenvalue weighted by molar-refractivity contribution is 0.355. The first kappa shape index (κ1) is 12.7. The van der Waals surface area contributed by atoms with Crippen LogP contribution in [0.2, 0.25) is 0 Å². The summed E-state index contributed by atoms with van der Waals surface area (Å²) >= 11 is 0. The topological polar surface area (TPSA) is 64.9 Å². The van der Waals surface area contributed by atoms with Crippen molar-refractivity contribution in [2.24, 2.45) is 5.73 Å². The average molecular weight is 249 g/mol. The van der Waals surface area contributed by atoms with Crippen LogP contribution in [0.25, 0.3) is 11.4 Å². The van der Waals surface area contributed by atoms with E-state index in [0.29, 0.717) is 23.8 Å². The zero-order chi connectivity index (χ0) is 13.1. The van der Waals surface area contributed by atoms with Crippen molar-refractivity contribution in [3.8, 4) is 11.4 Å². The van der Waals surface area contributed by atoms with Gasteiger partial charge in [0, 0.05) is 11.5 Å². The van der Waals surface area contributed by atoms with E-state index >= 15 is 0 Å². The number of hydrogen-bond acceptors (Lipinski definition) is 4. The average Bonchev–Trinajstić information content (AvgIpc) is 2.82. The van der Waals surface area contributed by atoms with Crippen molar-refractivity contribution in [1.29, 1.82) is 0 Å². The monoisotopic (exact) mass is 249 g/mol. The molecule has 0 saturated carbocycles. The van der Waals surface area contributed by atoms with Crippen LogP contribution in [0.1, 0.15) is 30.7 Å². The second-order valence-corrected chi connectivity index (χ2v) is 4.39. The summed E-state index contributed by atoms with van der Waals surface area (Å²) in [6.07, 6.45) is 0.782. The van der Waals surface area contributed by atoms with Gasteiger partial charge in [0.05, 0.1) is 0 Å². The third kappa shape index (κ3) is 2.56. The van der Waals surface area contributed by atoms with Crippen LogP contribution >= 0.6 is 0 Å². The van der Waals surface area contributed by atoms with Crippen LogP contribution in [0.15, 0.2) is 22.7 Å². The van der Waals surface area contributed by atoms with Gasteiger partial charge in [-0.1, -0.05) is 18.1 Å². The van der Waals surface area contributed by atoms with E-state index < -0.39 is 0 Å². The molecule has 2 aromatic rings. The molecule has 0 radical (unpaired) electrons. The summed E-state index contributed by atoms with van der Waals surface area (Å²) in [6, 6.07) is 4.53. The molecule has 1 heterocycles. The predicted molar refractivity (Wildman–Crippen MR) is 66.5 cm³/mol. The molecule has 5 heteroatoms. The third-order valence-electron chi connectivity index (χ3n) is 2.90. The van der Waals surface area contributed by atoms with Crippen molar-refractivity contribution in [1.82, 2.24) is 10.1 Å². The molecule has 1 unspecified atom stereocenters. The summed E-state index contributed by atoms with van der Waals surface area (Å²) in [5.74, 6) is 0.770. The van der Waals surface area contributed by atoms with Crippen molar-refractivity contribution in [3.05, 3.63) is 35.5 Å². The fraction of sp³-hybridized carbons (Fsp3) is 0.385. The number of aromatic nitrogens is 2. The highest BCUT2D eigenvalue weighted by Crippen LogP contribution is 2.24. The van der Waals surface area contributed by atoms with Crippen molar-refractivity contribution < 1.29 is 8.91 Å². The maximum Gasteiger partial charge on any atom is 0.229 e. The normalized spacial score (nSPS) is 12.7. The van der Waals surface area contributed by atoms with Crippen LogP contribution in [0.4, 0.5) is 4.39 Å². The van der Waals surface area contributed by atoms with Gasteiger partial charge in [-0.15, -0.1) is 0 Å². The summed E-state index contributed by atoms with van der Waals surface area (Å²) < 4.78 is 18.4. The molecule has 18 heavy (non-hydrogen) atoms. The van der Waals surface area contributed by atoms with E-state index in [1.807, 2.05) is 13.8 Å². The number of rotatable bonds is 4. The zero-order valence-electron chi connectivity index (χ0n) is 10.5. The first-order valence-corrected chi connectivity index (χ1v) is 5.92. The molecule has 2 N–H and O–H groups in total. The Hall–Kier alpha value is -1.75. The molecule has 0 aliphatic rings. The van der Waals surface area contributed by atoms with Gasteiger partial charge in [-0.05, 0) is 37.6 Å². The molecule has 96 valence electrons. The summed E-state index contributed by atoms with van der Waals surface area (Å²) in [6.45, 7) is 4.43. The third-order valence-corrected chi connectivity index (χ3v) is 2.90. The first-order valence-electron chi connectivity index (χ1n) is 5.92. The van der Waals surface area contributed by atoms with Crippen molar-refractivity contribution in [3.63, 3.8) is 0 Å². The van der Waals surface area contributed by atoms with E-state index in [0.717, 1.165) is 12.0 Å². The second-order valence-electron chi connectivity index (χ2n) is 4.39. The van der Waals surface area contributed by atoms with E-state index in [4.69, 9.17) is 10.3 Å². The quantitative estimate of drug-likeness (QED) is 0.904. The Bertz CT molecular complexity index is 539. The molecule has 1 aromatic carbocycles. The highest BCUT2D eigenvalue weighted by Gasteiger charge is 2.16. The van der Waals surface area contributed by atoms with Crippen LogP contribution in [0, 0.1) is 12.7 Å². The summed E-state index contributed by atoms with van der Waals surface area (Å²) in [4.78, 5) is 4.30. The minimum atomic E-state index is -0.308. The maximum atomic E-state index is 13.2. The van der Waals surface area contributed by atoms with E-state index in [1.54, 1.807) is 6.07 Å². The van der Waals surface area contributed by atoms with E-state index in [9.17, 15) is 4.39 Å². The number of aryl methyl sites for hydroxylation is 1. The van der Waals surface area contributed by atoms with Crippen molar-refractivity contribution in [2.45, 2.75) is 26.2 Å². The van der Waals surface area contributed by atoms with Gasteiger partial charge >= 0.3 is 0 Å². The Morgan fingerprint density at radius 2 is 2.22 bits per heavy atom. The molecule has 4 nitrogen and oxygen atoms in total. The lowest BCUT2D eigenvalue weighted by Crippen LogP contribution is -2.04. The molecule has 0 spiro atoms. The summed E-state index contributed by atoms with van der Waals surface area (Å²) in [5, 5.41) is 3.90. The van der Waals surface area contributed by atoms with Crippen LogP contribution in [-0.4, -0.2) is 16.7 Å². The van der Waals surface area contributed by atoms with Crippen molar-refractivity contribution >= 4 is 0 Å². The molecular formula is C13H16FN3O. The molecule has 0 aliphatic heterocycles. The van der Waals surface area contributed by atoms with Gasteiger partial charge in [0.1, 0.15) is 5.82 Å². The van der Waals surface area contributed by atoms with Gasteiger partial charge in [0.2, 0.25) is 11.7 Å². The van der Waals surface area contributed by atoms with Gasteiger partial charge in [0.25, 0.3) is 0 Å². The smallest absolute Gasteiger partial charge is 0.229 e. The van der Waals surface area contributed by atoms with Crippen LogP contribution in [0.3, 0.4) is 0 Å². The van der Waals surface area contributed by atoms with E-state index in [-0.39, 0.29) is 11.7 Å². The predicted octanol–water partition coefficient (Wildman–Crippen LogP) is 2.64. The molecule has 0 bridgehead atoms. The minimum Gasteiger partial charge on any atom is -0.339 e. The maximum absolute atomic E-state index is 13.2. The van der Waals surface area contributed by atoms with Gasteiger partial charge in [-0.25, -0.2) is 4.39 Å². The molecule has 1 aromatic heterocycles. The number of benzene rings is 1. The SMILES string of the molecule is Cc1ccc(F)cc1-c1noc(C(C)CCN)n1. The molecule has 0 aliphatic carbocycles. The Kier molecular flexibility index (Phi) is 3.72. The van der Waals surface area contributed by atoms with E-state index in [2.05, 4.69) is 10.1 Å². The molecular weight excluding hydrogens is 233 g/mol. The van der Waals surface area contributed by atoms with Crippen LogP contribution in [0.5, 0.6) is 0 Å². The van der Waals surface area contributed by atoms with Crippen LogP contribution < -0.4 is 5.73 Å². The first-order chi connectivity index (χ1) is 8.61. The van der Waals surface area contributed by atoms with Gasteiger partial charge in [-0.3, -0.25) is 0 Å². The molecule has 0 saturated heterocycles. The zero-order valence-corrected chi connectivity index (χ0v) is 10.5. The molecule has 0 fully saturated rings. The fourth-order valence-electron chi connectivity index (χ4n) is 1.75. The largest absolute Gasteiger partial charge is 0.339 e. The Labute approximate surface area is 105 Å². The lowest BCUT2D eigenvalue weighted by Gasteiger charge is -2.02. The fourth-order valence-corrected chi connectivity index (χ4v) is 1.75. The highest BCUT2D eigenvalue weighted by atomic mass is 19.1. The van der Waals surface area contributed by atoms with Crippen LogP contribution in [-0.2, 0) is 0 Å². The Morgan fingerprint density at radius 3 is 2.94 bits per heavy atom. The Morgan fingerprint density at radius 1 is 1.44 bits per heavy atom. The lowest BCUT2D eigenvalue weighted by atomic mass is 10.1. The van der Waals surface area contributed by atoms with Gasteiger partial charge in [0.15, 0.2) is 0 Å². The second kappa shape index (κ2) is 5.27. The Balaban J connectivity index is 2.32. The number of halogens is 1. The number of nitrogens with two attached hydrogens (primary N) is 1. The number of nitrogens with zero attached hydrogens (tertiary/aromatic N) is 2. The summed E-state index contributed by atoms with van der Waals surface area (Å²) in [5.41, 5.74) is 7.06. The minimum absolute atomic E-state index is 0.116. The summed E-state index contributed by atoms with van der Waals surface area (Å²) in [7, 11) is 0. The highest BCUT2D eigenvalue weighted by molar-refractivity contribution is 5.59. The standard InChI is InChI=1S/C13H16FN3O/c1-8-3-4-10(14)7-11(8)12-16-13(18-17-12)9(2)5-6-15/h3-4,7,9H,5-6,15H2,1-2H3. The molecule has 0 amide bonds.